The zero-order valence-electron chi connectivity index (χ0n) is 5.91. The van der Waals surface area contributed by atoms with Crippen molar-refractivity contribution in [2.45, 2.75) is 37.9 Å². The maximum atomic E-state index is 3.58. The summed E-state index contributed by atoms with van der Waals surface area (Å²) in [5.74, 6) is 0. The minimum Gasteiger partial charge on any atom is -0.298 e. The van der Waals surface area contributed by atoms with Gasteiger partial charge in [0.1, 0.15) is 0 Å². The molecule has 0 amide bonds. The molecule has 1 heterocycles. The summed E-state index contributed by atoms with van der Waals surface area (Å²) >= 11 is 0. The Morgan fingerprint density at radius 2 is 2.33 bits per heavy atom. The van der Waals surface area contributed by atoms with Crippen LogP contribution in [0.4, 0.5) is 0 Å². The van der Waals surface area contributed by atoms with Gasteiger partial charge < -0.3 is 0 Å². The van der Waals surface area contributed by atoms with E-state index < -0.39 is 0 Å². The van der Waals surface area contributed by atoms with Gasteiger partial charge in [0, 0.05) is 12.6 Å². The van der Waals surface area contributed by atoms with Crippen LogP contribution in [-0.2, 0) is 0 Å². The molecule has 1 saturated carbocycles. The first-order valence-corrected chi connectivity index (χ1v) is 3.87. The van der Waals surface area contributed by atoms with Gasteiger partial charge in [0.15, 0.2) is 0 Å². The van der Waals surface area contributed by atoms with Crippen molar-refractivity contribution in [3.05, 3.63) is 0 Å². The normalized spacial score (nSPS) is 37.7. The highest BCUT2D eigenvalue weighted by Gasteiger charge is 2.47. The third-order valence-electron chi connectivity index (χ3n) is 2.41. The van der Waals surface area contributed by atoms with E-state index in [1.54, 1.807) is 0 Å². The van der Waals surface area contributed by atoms with E-state index in [1.807, 2.05) is 0 Å². The topological polar surface area (TPSA) is 24.1 Å². The molecule has 52 valence electrons. The molecule has 0 bridgehead atoms. The van der Waals surface area contributed by atoms with Gasteiger partial charge in [-0.2, -0.15) is 0 Å². The lowest BCUT2D eigenvalue weighted by molar-refractivity contribution is 0.501. The van der Waals surface area contributed by atoms with Crippen molar-refractivity contribution in [3.8, 4) is 0 Å². The van der Waals surface area contributed by atoms with Gasteiger partial charge in [-0.15, -0.1) is 0 Å². The van der Waals surface area contributed by atoms with E-state index in [1.165, 1.54) is 25.8 Å². The smallest absolute Gasteiger partial charge is 0.0692 e. The van der Waals surface area contributed by atoms with Crippen LogP contribution < -0.4 is 10.6 Å². The van der Waals surface area contributed by atoms with Gasteiger partial charge in [0.05, 0.1) is 5.66 Å². The lowest BCUT2D eigenvalue weighted by Crippen LogP contribution is -2.35. The van der Waals surface area contributed by atoms with E-state index in [-0.39, 0.29) is 0 Å². The van der Waals surface area contributed by atoms with E-state index in [0.29, 0.717) is 5.66 Å². The molecule has 2 fully saturated rings. The molecule has 0 unspecified atom stereocenters. The molecule has 2 N–H and O–H groups in total. The maximum Gasteiger partial charge on any atom is 0.0692 e. The fourth-order valence-corrected chi connectivity index (χ4v) is 1.50. The predicted molar refractivity (Wildman–Crippen MR) is 37.2 cm³/mol. The Morgan fingerprint density at radius 3 is 2.67 bits per heavy atom. The molecular weight excluding hydrogens is 112 g/mol. The van der Waals surface area contributed by atoms with Crippen LogP contribution in [0.3, 0.4) is 0 Å². The standard InChI is InChI=1S/C7H14N2/c1-2-6-5-8-7(9-6)3-4-7/h6,8-9H,2-5H2,1H3/t6-/m0/s1. The molecule has 2 aliphatic rings. The van der Waals surface area contributed by atoms with Gasteiger partial charge in [0.25, 0.3) is 0 Å². The first kappa shape index (κ1) is 5.69. The van der Waals surface area contributed by atoms with Crippen LogP contribution in [0.15, 0.2) is 0 Å². The fraction of sp³-hybridized carbons (Fsp3) is 1.00. The summed E-state index contributed by atoms with van der Waals surface area (Å²) in [5, 5.41) is 7.08. The second kappa shape index (κ2) is 1.70. The van der Waals surface area contributed by atoms with Gasteiger partial charge in [-0.25, -0.2) is 0 Å². The van der Waals surface area contributed by atoms with Crippen LogP contribution in [0.25, 0.3) is 0 Å². The minimum atomic E-state index is 0.417. The molecule has 1 aliphatic heterocycles. The van der Waals surface area contributed by atoms with E-state index in [0.717, 1.165) is 6.04 Å². The summed E-state index contributed by atoms with van der Waals surface area (Å²) in [4.78, 5) is 0. The second-order valence-electron chi connectivity index (χ2n) is 3.21. The number of rotatable bonds is 1. The number of hydrogen-bond acceptors (Lipinski definition) is 2. The molecule has 0 aromatic heterocycles. The number of nitrogens with one attached hydrogen (secondary N) is 2. The van der Waals surface area contributed by atoms with Gasteiger partial charge in [-0.05, 0) is 19.3 Å². The molecule has 1 saturated heterocycles. The van der Waals surface area contributed by atoms with E-state index in [4.69, 9.17) is 0 Å². The molecule has 1 atom stereocenters. The fourth-order valence-electron chi connectivity index (χ4n) is 1.50. The Labute approximate surface area is 56.0 Å². The average molecular weight is 126 g/mol. The average Bonchev–Trinajstić information content (AvgIpc) is 2.44. The van der Waals surface area contributed by atoms with E-state index in [2.05, 4.69) is 17.6 Å². The monoisotopic (exact) mass is 126 g/mol. The predicted octanol–water partition coefficient (Wildman–Crippen LogP) is 0.448. The van der Waals surface area contributed by atoms with Gasteiger partial charge in [0.2, 0.25) is 0 Å². The molecule has 2 rings (SSSR count). The summed E-state index contributed by atoms with van der Waals surface area (Å²) < 4.78 is 0. The molecule has 1 aliphatic carbocycles. The van der Waals surface area contributed by atoms with Crippen LogP contribution in [0.5, 0.6) is 0 Å². The molecule has 0 radical (unpaired) electrons. The third-order valence-corrected chi connectivity index (χ3v) is 2.41. The Hall–Kier alpha value is -0.0800. The maximum absolute atomic E-state index is 3.58. The highest BCUT2D eigenvalue weighted by atomic mass is 15.3. The molecule has 9 heavy (non-hydrogen) atoms. The van der Waals surface area contributed by atoms with Crippen molar-refractivity contribution >= 4 is 0 Å². The van der Waals surface area contributed by atoms with Crippen molar-refractivity contribution < 1.29 is 0 Å². The molecule has 2 heteroatoms. The SMILES string of the molecule is CC[C@H]1CNC2(CC2)N1. The van der Waals surface area contributed by atoms with Crippen molar-refractivity contribution in [2.24, 2.45) is 0 Å². The van der Waals surface area contributed by atoms with Crippen molar-refractivity contribution in [1.29, 1.82) is 0 Å². The molecule has 0 aromatic carbocycles. The van der Waals surface area contributed by atoms with Crippen LogP contribution in [0, 0.1) is 0 Å². The van der Waals surface area contributed by atoms with E-state index >= 15 is 0 Å². The van der Waals surface area contributed by atoms with Gasteiger partial charge in [-0.3, -0.25) is 10.6 Å². The summed E-state index contributed by atoms with van der Waals surface area (Å²) in [6.07, 6.45) is 3.93. The third kappa shape index (κ3) is 0.864. The van der Waals surface area contributed by atoms with Crippen LogP contribution in [-0.4, -0.2) is 18.2 Å². The van der Waals surface area contributed by atoms with Gasteiger partial charge in [-0.1, -0.05) is 6.92 Å². The van der Waals surface area contributed by atoms with Crippen molar-refractivity contribution in [3.63, 3.8) is 0 Å². The largest absolute Gasteiger partial charge is 0.298 e. The first-order valence-electron chi connectivity index (χ1n) is 3.87. The molecule has 1 spiro atoms. The highest BCUT2D eigenvalue weighted by molar-refractivity contribution is 5.06. The Kier molecular flexibility index (Phi) is 1.08. The molecular formula is C7H14N2. The Balaban J connectivity index is 1.93. The lowest BCUT2D eigenvalue weighted by atomic mass is 10.2. The molecule has 0 aromatic rings. The Bertz CT molecular complexity index is 118. The van der Waals surface area contributed by atoms with Crippen LogP contribution in [0.2, 0.25) is 0 Å². The Morgan fingerprint density at radius 1 is 1.56 bits per heavy atom. The van der Waals surface area contributed by atoms with Gasteiger partial charge >= 0.3 is 0 Å². The quantitative estimate of drug-likeness (QED) is 0.533. The minimum absolute atomic E-state index is 0.417. The highest BCUT2D eigenvalue weighted by Crippen LogP contribution is 2.35. The van der Waals surface area contributed by atoms with Crippen LogP contribution in [0.1, 0.15) is 26.2 Å². The van der Waals surface area contributed by atoms with Crippen molar-refractivity contribution in [2.75, 3.05) is 6.54 Å². The first-order chi connectivity index (χ1) is 4.35. The lowest BCUT2D eigenvalue weighted by Gasteiger charge is -2.08. The summed E-state index contributed by atoms with van der Waals surface area (Å²) in [6.45, 7) is 3.41. The number of hydrogen-bond donors (Lipinski definition) is 2. The summed E-state index contributed by atoms with van der Waals surface area (Å²) in [5.41, 5.74) is 0.417. The van der Waals surface area contributed by atoms with E-state index in [9.17, 15) is 0 Å². The van der Waals surface area contributed by atoms with Crippen LogP contribution >= 0.6 is 0 Å². The summed E-state index contributed by atoms with van der Waals surface area (Å²) in [6, 6.07) is 0.743. The van der Waals surface area contributed by atoms with Crippen molar-refractivity contribution in [1.82, 2.24) is 10.6 Å². The zero-order valence-corrected chi connectivity index (χ0v) is 5.91. The molecule has 2 nitrogen and oxygen atoms in total. The zero-order chi connectivity index (χ0) is 6.32. The summed E-state index contributed by atoms with van der Waals surface area (Å²) in [7, 11) is 0. The second-order valence-corrected chi connectivity index (χ2v) is 3.21.